The van der Waals surface area contributed by atoms with Gasteiger partial charge in [0.1, 0.15) is 12.7 Å². The molecular weight excluding hydrogens is 196 g/mol. The van der Waals surface area contributed by atoms with Crippen LogP contribution in [0.15, 0.2) is 48.0 Å². The summed E-state index contributed by atoms with van der Waals surface area (Å²) in [6.07, 6.45) is 6.65. The van der Waals surface area contributed by atoms with Crippen molar-refractivity contribution in [1.29, 1.82) is 0 Å². The summed E-state index contributed by atoms with van der Waals surface area (Å²) in [5, 5.41) is 5.78. The molecule has 2 aromatic heterocycles. The number of hydrogen-bond acceptors (Lipinski definition) is 4. The summed E-state index contributed by atoms with van der Waals surface area (Å²) in [4.78, 5) is 9.01. The van der Waals surface area contributed by atoms with Gasteiger partial charge in [-0.05, 0) is 11.5 Å². The molecule has 0 aliphatic heterocycles. The Hall–Kier alpha value is -1.62. The van der Waals surface area contributed by atoms with E-state index in [-0.39, 0.29) is 0 Å². The molecule has 0 N–H and O–H groups in total. The van der Waals surface area contributed by atoms with Crippen molar-refractivity contribution in [3.05, 3.63) is 43.1 Å². The zero-order valence-corrected chi connectivity index (χ0v) is 8.18. The molecule has 0 bridgehead atoms. The molecule has 0 unspecified atom stereocenters. The highest BCUT2D eigenvalue weighted by molar-refractivity contribution is 8.02. The van der Waals surface area contributed by atoms with Crippen LogP contribution in [0.2, 0.25) is 0 Å². The number of thioether (sulfide) groups is 1. The van der Waals surface area contributed by atoms with E-state index in [1.54, 1.807) is 28.8 Å². The maximum absolute atomic E-state index is 4.10. The van der Waals surface area contributed by atoms with Gasteiger partial charge in [0.2, 0.25) is 0 Å². The minimum absolute atomic E-state index is 0.898. The molecule has 0 spiro atoms. The Balaban J connectivity index is 2.35. The molecule has 0 aliphatic rings. The van der Waals surface area contributed by atoms with E-state index in [2.05, 4.69) is 21.6 Å². The summed E-state index contributed by atoms with van der Waals surface area (Å²) in [6, 6.07) is 1.98. The zero-order valence-electron chi connectivity index (χ0n) is 7.37. The molecule has 2 heterocycles. The highest BCUT2D eigenvalue weighted by Crippen LogP contribution is 2.19. The predicted octanol–water partition coefficient (Wildman–Crippen LogP) is 1.90. The van der Waals surface area contributed by atoms with Gasteiger partial charge in [-0.25, -0.2) is 9.67 Å². The van der Waals surface area contributed by atoms with Crippen LogP contribution < -0.4 is 0 Å². The van der Waals surface area contributed by atoms with Crippen molar-refractivity contribution in [2.75, 3.05) is 0 Å². The van der Waals surface area contributed by atoms with Crippen LogP contribution in [0.4, 0.5) is 0 Å². The number of rotatable bonds is 3. The Morgan fingerprint density at radius 2 is 2.29 bits per heavy atom. The van der Waals surface area contributed by atoms with Gasteiger partial charge >= 0.3 is 0 Å². The minimum Gasteiger partial charge on any atom is -0.261 e. The van der Waals surface area contributed by atoms with Gasteiger partial charge in [0, 0.05) is 11.1 Å². The summed E-state index contributed by atoms with van der Waals surface area (Å²) in [5.74, 6) is 0. The molecule has 2 rings (SSSR count). The first-order valence-electron chi connectivity index (χ1n) is 3.98. The van der Waals surface area contributed by atoms with E-state index in [0.29, 0.717) is 0 Å². The third-order valence-corrected chi connectivity index (χ3v) is 2.26. The molecule has 0 aromatic carbocycles. The minimum atomic E-state index is 0.898. The molecule has 0 atom stereocenters. The smallest absolute Gasteiger partial charge is 0.138 e. The Bertz CT molecular complexity index is 424. The van der Waals surface area contributed by atoms with Gasteiger partial charge in [-0.3, -0.25) is 4.98 Å². The molecule has 5 heteroatoms. The molecule has 2 aromatic rings. The molecule has 70 valence electrons. The molecule has 0 saturated carbocycles. The number of hydrogen-bond donors (Lipinski definition) is 0. The monoisotopic (exact) mass is 204 g/mol. The number of nitrogens with zero attached hydrogens (tertiary/aromatic N) is 4. The van der Waals surface area contributed by atoms with Crippen LogP contribution >= 0.6 is 11.8 Å². The average molecular weight is 204 g/mol. The molecular formula is C9H8N4S. The van der Waals surface area contributed by atoms with Gasteiger partial charge in [0.25, 0.3) is 0 Å². The van der Waals surface area contributed by atoms with E-state index < -0.39 is 0 Å². The fourth-order valence-corrected chi connectivity index (χ4v) is 1.54. The largest absolute Gasteiger partial charge is 0.261 e. The first-order valence-corrected chi connectivity index (χ1v) is 4.86. The fraction of sp³-hybridized carbons (Fsp3) is 0. The second-order valence-electron chi connectivity index (χ2n) is 2.50. The second kappa shape index (κ2) is 4.06. The second-order valence-corrected chi connectivity index (χ2v) is 3.54. The summed E-state index contributed by atoms with van der Waals surface area (Å²) in [5.41, 5.74) is 0.898. The lowest BCUT2D eigenvalue weighted by atomic mass is 10.4. The van der Waals surface area contributed by atoms with Crippen molar-refractivity contribution in [2.45, 2.75) is 4.90 Å². The first kappa shape index (κ1) is 8.96. The van der Waals surface area contributed by atoms with Crippen molar-refractivity contribution in [3.8, 4) is 5.69 Å². The Morgan fingerprint density at radius 3 is 3.00 bits per heavy atom. The quantitative estimate of drug-likeness (QED) is 0.716. The van der Waals surface area contributed by atoms with Gasteiger partial charge in [-0.15, -0.1) is 0 Å². The van der Waals surface area contributed by atoms with E-state index in [0.717, 1.165) is 10.6 Å². The maximum Gasteiger partial charge on any atom is 0.138 e. The number of aromatic nitrogens is 4. The van der Waals surface area contributed by atoms with Crippen molar-refractivity contribution in [1.82, 2.24) is 19.7 Å². The SMILES string of the molecule is C=CSc1cncc(-n2cncn2)c1. The van der Waals surface area contributed by atoms with Gasteiger partial charge in [0.15, 0.2) is 0 Å². The van der Waals surface area contributed by atoms with Crippen LogP contribution in [-0.2, 0) is 0 Å². The van der Waals surface area contributed by atoms with Crippen LogP contribution in [-0.4, -0.2) is 19.7 Å². The predicted molar refractivity (Wildman–Crippen MR) is 55.2 cm³/mol. The highest BCUT2D eigenvalue weighted by atomic mass is 32.2. The Morgan fingerprint density at radius 1 is 1.36 bits per heavy atom. The van der Waals surface area contributed by atoms with Gasteiger partial charge in [-0.1, -0.05) is 18.3 Å². The van der Waals surface area contributed by atoms with E-state index in [4.69, 9.17) is 0 Å². The normalized spacial score (nSPS) is 10.0. The van der Waals surface area contributed by atoms with Crippen LogP contribution in [0.25, 0.3) is 5.69 Å². The lowest BCUT2D eigenvalue weighted by Gasteiger charge is -2.00. The molecule has 0 fully saturated rings. The summed E-state index contributed by atoms with van der Waals surface area (Å²) < 4.78 is 1.67. The molecule has 0 amide bonds. The Kier molecular flexibility index (Phi) is 2.60. The van der Waals surface area contributed by atoms with Gasteiger partial charge in [-0.2, -0.15) is 5.10 Å². The zero-order chi connectivity index (χ0) is 9.80. The third-order valence-electron chi connectivity index (χ3n) is 1.60. The van der Waals surface area contributed by atoms with Gasteiger partial charge < -0.3 is 0 Å². The fourth-order valence-electron chi connectivity index (χ4n) is 1.03. The van der Waals surface area contributed by atoms with Gasteiger partial charge in [0.05, 0.1) is 11.9 Å². The lowest BCUT2D eigenvalue weighted by Crippen LogP contribution is -1.94. The highest BCUT2D eigenvalue weighted by Gasteiger charge is 1.98. The Labute approximate surface area is 85.7 Å². The summed E-state index contributed by atoms with van der Waals surface area (Å²) >= 11 is 1.53. The van der Waals surface area contributed by atoms with Crippen LogP contribution in [0.5, 0.6) is 0 Å². The molecule has 14 heavy (non-hydrogen) atoms. The van der Waals surface area contributed by atoms with Crippen molar-refractivity contribution < 1.29 is 0 Å². The first-order chi connectivity index (χ1) is 6.90. The summed E-state index contributed by atoms with van der Waals surface area (Å²) in [7, 11) is 0. The average Bonchev–Trinajstić information content (AvgIpc) is 2.71. The van der Waals surface area contributed by atoms with Crippen molar-refractivity contribution in [3.63, 3.8) is 0 Å². The van der Waals surface area contributed by atoms with E-state index >= 15 is 0 Å². The topological polar surface area (TPSA) is 43.6 Å². The maximum atomic E-state index is 4.10. The number of pyridine rings is 1. The lowest BCUT2D eigenvalue weighted by molar-refractivity contribution is 0.867. The van der Waals surface area contributed by atoms with Crippen molar-refractivity contribution >= 4 is 11.8 Å². The molecule has 0 radical (unpaired) electrons. The van der Waals surface area contributed by atoms with E-state index in [1.165, 1.54) is 18.1 Å². The van der Waals surface area contributed by atoms with Crippen LogP contribution in [0.3, 0.4) is 0 Å². The molecule has 4 nitrogen and oxygen atoms in total. The van der Waals surface area contributed by atoms with Crippen LogP contribution in [0, 0.1) is 0 Å². The summed E-state index contributed by atoms with van der Waals surface area (Å²) in [6.45, 7) is 3.65. The third kappa shape index (κ3) is 1.82. The van der Waals surface area contributed by atoms with Crippen molar-refractivity contribution in [2.24, 2.45) is 0 Å². The molecule has 0 aliphatic carbocycles. The molecule has 0 saturated heterocycles. The van der Waals surface area contributed by atoms with Crippen LogP contribution in [0.1, 0.15) is 0 Å². The van der Waals surface area contributed by atoms with E-state index in [9.17, 15) is 0 Å². The van der Waals surface area contributed by atoms with E-state index in [1.807, 2.05) is 6.07 Å². The standard InChI is InChI=1S/C9H8N4S/c1-2-14-9-3-8(4-10-5-9)13-7-11-6-12-13/h2-7H,1H2.